The van der Waals surface area contributed by atoms with Crippen LogP contribution in [0.3, 0.4) is 0 Å². The van der Waals surface area contributed by atoms with E-state index < -0.39 is 15.8 Å². The molecule has 0 unspecified atom stereocenters. The molecule has 100 valence electrons. The van der Waals surface area contributed by atoms with Crippen molar-refractivity contribution >= 4 is 26.0 Å². The summed E-state index contributed by atoms with van der Waals surface area (Å²) in [4.78, 5) is 7.48. The second-order valence-electron chi connectivity index (χ2n) is 3.60. The molecule has 19 heavy (non-hydrogen) atoms. The van der Waals surface area contributed by atoms with E-state index >= 15 is 0 Å². The van der Waals surface area contributed by atoms with Crippen molar-refractivity contribution in [1.82, 2.24) is 14.7 Å². The van der Waals surface area contributed by atoms with Crippen molar-refractivity contribution in [2.75, 3.05) is 0 Å². The Kier molecular flexibility index (Phi) is 4.23. The molecule has 0 aliphatic heterocycles. The van der Waals surface area contributed by atoms with Gasteiger partial charge in [-0.05, 0) is 40.2 Å². The molecule has 5 nitrogen and oxygen atoms in total. The Balaban J connectivity index is 2.16. The summed E-state index contributed by atoms with van der Waals surface area (Å²) in [6, 6.07) is 5.20. The fraction of sp³-hybridized carbons (Fsp3) is 0.0909. The molecule has 0 fully saturated rings. The first-order valence-corrected chi connectivity index (χ1v) is 7.46. The second-order valence-corrected chi connectivity index (χ2v) is 6.22. The molecule has 0 spiro atoms. The van der Waals surface area contributed by atoms with Crippen LogP contribution in [0, 0.1) is 5.82 Å². The van der Waals surface area contributed by atoms with E-state index in [0.717, 1.165) is 6.07 Å². The molecule has 1 aromatic carbocycles. The largest absolute Gasteiger partial charge is 0.245 e. The first kappa shape index (κ1) is 14.0. The van der Waals surface area contributed by atoms with Gasteiger partial charge in [0, 0.05) is 6.20 Å². The second kappa shape index (κ2) is 5.72. The summed E-state index contributed by atoms with van der Waals surface area (Å²) in [5.41, 5.74) is 0.524. The van der Waals surface area contributed by atoms with Crippen LogP contribution in [0.15, 0.2) is 46.2 Å². The lowest BCUT2D eigenvalue weighted by Gasteiger charge is -2.06. The number of sulfonamides is 1. The molecule has 2 aromatic rings. The van der Waals surface area contributed by atoms with Gasteiger partial charge in [-0.1, -0.05) is 0 Å². The van der Waals surface area contributed by atoms with Gasteiger partial charge < -0.3 is 0 Å². The van der Waals surface area contributed by atoms with E-state index in [0.29, 0.717) is 5.69 Å². The van der Waals surface area contributed by atoms with Crippen LogP contribution in [0.5, 0.6) is 0 Å². The molecule has 2 rings (SSSR count). The molecule has 1 N–H and O–H groups in total. The third-order valence-electron chi connectivity index (χ3n) is 2.29. The topological polar surface area (TPSA) is 72.0 Å². The Morgan fingerprint density at radius 3 is 2.74 bits per heavy atom. The van der Waals surface area contributed by atoms with Gasteiger partial charge in [-0.25, -0.2) is 27.5 Å². The van der Waals surface area contributed by atoms with E-state index in [4.69, 9.17) is 0 Å². The average Bonchev–Trinajstić information content (AvgIpc) is 2.41. The zero-order valence-corrected chi connectivity index (χ0v) is 11.9. The van der Waals surface area contributed by atoms with E-state index in [1.54, 1.807) is 6.07 Å². The van der Waals surface area contributed by atoms with E-state index in [9.17, 15) is 12.8 Å². The lowest BCUT2D eigenvalue weighted by molar-refractivity contribution is 0.575. The minimum Gasteiger partial charge on any atom is -0.245 e. The van der Waals surface area contributed by atoms with Gasteiger partial charge in [0.2, 0.25) is 10.0 Å². The first-order valence-electron chi connectivity index (χ1n) is 5.18. The minimum absolute atomic E-state index is 0.0164. The number of nitrogens with zero attached hydrogens (tertiary/aromatic N) is 2. The molecule has 0 aliphatic carbocycles. The van der Waals surface area contributed by atoms with Crippen LogP contribution in [-0.4, -0.2) is 18.4 Å². The smallest absolute Gasteiger partial charge is 0.241 e. The molecule has 0 saturated heterocycles. The van der Waals surface area contributed by atoms with Gasteiger partial charge in [0.15, 0.2) is 0 Å². The average molecular weight is 346 g/mol. The van der Waals surface area contributed by atoms with Crippen molar-refractivity contribution in [2.24, 2.45) is 0 Å². The highest BCUT2D eigenvalue weighted by molar-refractivity contribution is 9.10. The van der Waals surface area contributed by atoms with Gasteiger partial charge in [-0.2, -0.15) is 0 Å². The number of halogens is 2. The summed E-state index contributed by atoms with van der Waals surface area (Å²) in [5.74, 6) is -0.634. The van der Waals surface area contributed by atoms with Gasteiger partial charge in [0.1, 0.15) is 12.1 Å². The molecule has 0 atom stereocenters. The van der Waals surface area contributed by atoms with Crippen LogP contribution in [0.2, 0.25) is 0 Å². The zero-order valence-electron chi connectivity index (χ0n) is 9.55. The zero-order chi connectivity index (χ0) is 13.9. The predicted molar refractivity (Wildman–Crippen MR) is 70.2 cm³/mol. The van der Waals surface area contributed by atoms with Crippen molar-refractivity contribution in [3.8, 4) is 0 Å². The van der Waals surface area contributed by atoms with Gasteiger partial charge >= 0.3 is 0 Å². The van der Waals surface area contributed by atoms with Gasteiger partial charge in [-0.3, -0.25) is 0 Å². The highest BCUT2D eigenvalue weighted by atomic mass is 79.9. The van der Waals surface area contributed by atoms with Gasteiger partial charge in [0.25, 0.3) is 0 Å². The first-order chi connectivity index (χ1) is 8.99. The molecular formula is C11H9BrFN3O2S. The van der Waals surface area contributed by atoms with Crippen LogP contribution < -0.4 is 4.72 Å². The van der Waals surface area contributed by atoms with Gasteiger partial charge in [0.05, 0.1) is 21.6 Å². The summed E-state index contributed by atoms with van der Waals surface area (Å²) in [6.07, 6.45) is 2.83. The normalized spacial score (nSPS) is 11.5. The summed E-state index contributed by atoms with van der Waals surface area (Å²) in [6.45, 7) is 0.0164. The third kappa shape index (κ3) is 3.55. The van der Waals surface area contributed by atoms with Crippen LogP contribution >= 0.6 is 15.9 Å². The standard InChI is InChI=1S/C11H9BrFN3O2S/c12-10-2-1-9(5-11(10)13)19(17,18)16-6-8-3-4-14-7-15-8/h1-5,7,16H,6H2. The lowest BCUT2D eigenvalue weighted by atomic mass is 10.3. The summed E-state index contributed by atoms with van der Waals surface area (Å²) in [7, 11) is -3.77. The molecule has 1 heterocycles. The number of rotatable bonds is 4. The molecule has 0 aliphatic rings. The maximum absolute atomic E-state index is 13.3. The van der Waals surface area contributed by atoms with E-state index in [2.05, 4.69) is 30.6 Å². The summed E-state index contributed by atoms with van der Waals surface area (Å²) >= 11 is 2.96. The molecule has 8 heteroatoms. The van der Waals surface area contributed by atoms with Crippen molar-refractivity contribution in [3.63, 3.8) is 0 Å². The fourth-order valence-corrected chi connectivity index (χ4v) is 2.58. The Morgan fingerprint density at radius 2 is 2.11 bits per heavy atom. The Bertz CT molecular complexity index is 680. The molecular weight excluding hydrogens is 337 g/mol. The SMILES string of the molecule is O=S(=O)(NCc1ccncn1)c1ccc(Br)c(F)c1. The molecule has 0 saturated carbocycles. The predicted octanol–water partition coefficient (Wildman–Crippen LogP) is 1.86. The monoisotopic (exact) mass is 345 g/mol. The Hall–Kier alpha value is -1.38. The van der Waals surface area contributed by atoms with Crippen molar-refractivity contribution in [2.45, 2.75) is 11.4 Å². The lowest BCUT2D eigenvalue weighted by Crippen LogP contribution is -2.23. The highest BCUT2D eigenvalue weighted by Crippen LogP contribution is 2.19. The number of benzene rings is 1. The molecule has 1 aromatic heterocycles. The van der Waals surface area contributed by atoms with Gasteiger partial charge in [-0.15, -0.1) is 0 Å². The van der Waals surface area contributed by atoms with Crippen molar-refractivity contribution in [1.29, 1.82) is 0 Å². The maximum atomic E-state index is 13.3. The number of nitrogens with one attached hydrogen (secondary N) is 1. The Morgan fingerprint density at radius 1 is 1.32 bits per heavy atom. The van der Waals surface area contributed by atoms with Crippen LogP contribution in [0.25, 0.3) is 0 Å². The minimum atomic E-state index is -3.77. The van der Waals surface area contributed by atoms with E-state index in [1.165, 1.54) is 24.7 Å². The highest BCUT2D eigenvalue weighted by Gasteiger charge is 2.15. The number of aromatic nitrogens is 2. The van der Waals surface area contributed by atoms with E-state index in [1.807, 2.05) is 0 Å². The summed E-state index contributed by atoms with van der Waals surface area (Å²) in [5, 5.41) is 0. The number of hydrogen-bond donors (Lipinski definition) is 1. The van der Waals surface area contributed by atoms with Crippen LogP contribution in [0.1, 0.15) is 5.69 Å². The third-order valence-corrected chi connectivity index (χ3v) is 4.33. The maximum Gasteiger partial charge on any atom is 0.241 e. The summed E-state index contributed by atoms with van der Waals surface area (Å²) < 4.78 is 39.7. The fourth-order valence-electron chi connectivity index (χ4n) is 1.32. The van der Waals surface area contributed by atoms with Crippen LogP contribution in [0.4, 0.5) is 4.39 Å². The Labute approximate surface area is 118 Å². The molecule has 0 bridgehead atoms. The van der Waals surface area contributed by atoms with Crippen LogP contribution in [-0.2, 0) is 16.6 Å². The van der Waals surface area contributed by atoms with Crippen molar-refractivity contribution in [3.05, 3.63) is 52.8 Å². The molecule has 0 radical (unpaired) electrons. The van der Waals surface area contributed by atoms with Crippen molar-refractivity contribution < 1.29 is 12.8 Å². The molecule has 0 amide bonds. The number of hydrogen-bond acceptors (Lipinski definition) is 4. The quantitative estimate of drug-likeness (QED) is 0.917. The van der Waals surface area contributed by atoms with E-state index in [-0.39, 0.29) is 15.9 Å².